The average molecular weight is 269 g/mol. The van der Waals surface area contributed by atoms with Gasteiger partial charge < -0.3 is 10.6 Å². The van der Waals surface area contributed by atoms with E-state index in [2.05, 4.69) is 55.1 Å². The first-order valence-corrected chi connectivity index (χ1v) is 7.14. The fourth-order valence-electron chi connectivity index (χ4n) is 2.21. The number of rotatable bonds is 5. The fraction of sp³-hybridized carbons (Fsp3) is 0.353. The number of hydrogen-bond donors (Lipinski definition) is 1. The van der Waals surface area contributed by atoms with Crippen molar-refractivity contribution in [3.63, 3.8) is 0 Å². The lowest BCUT2D eigenvalue weighted by Gasteiger charge is -2.20. The normalized spacial score (nSPS) is 10.6. The molecule has 3 heteroatoms. The van der Waals surface area contributed by atoms with Gasteiger partial charge in [-0.3, -0.25) is 0 Å². The Morgan fingerprint density at radius 3 is 2.45 bits per heavy atom. The van der Waals surface area contributed by atoms with Crippen LogP contribution in [-0.4, -0.2) is 12.0 Å². The van der Waals surface area contributed by atoms with Crippen molar-refractivity contribution < 1.29 is 0 Å². The van der Waals surface area contributed by atoms with Gasteiger partial charge in [0.15, 0.2) is 0 Å². The second kappa shape index (κ2) is 6.53. The molecule has 106 valence electrons. The number of anilines is 2. The van der Waals surface area contributed by atoms with Crippen LogP contribution in [0.5, 0.6) is 0 Å². The van der Waals surface area contributed by atoms with Crippen LogP contribution in [0.4, 0.5) is 11.5 Å². The number of aromatic nitrogens is 1. The van der Waals surface area contributed by atoms with E-state index in [-0.39, 0.29) is 0 Å². The highest BCUT2D eigenvalue weighted by Gasteiger charge is 2.08. The molecule has 1 aromatic heterocycles. The summed E-state index contributed by atoms with van der Waals surface area (Å²) in [6, 6.07) is 12.6. The van der Waals surface area contributed by atoms with E-state index < -0.39 is 0 Å². The van der Waals surface area contributed by atoms with Crippen LogP contribution in [0, 0.1) is 6.92 Å². The van der Waals surface area contributed by atoms with Gasteiger partial charge in [-0.25, -0.2) is 4.98 Å². The minimum atomic E-state index is 0.550. The molecule has 0 aliphatic rings. The number of pyridine rings is 1. The second-order valence-electron chi connectivity index (χ2n) is 5.17. The van der Waals surface area contributed by atoms with E-state index in [1.54, 1.807) is 0 Å². The molecule has 0 aliphatic carbocycles. The molecular formula is C17H23N3. The maximum Gasteiger partial charge on any atom is 0.133 e. The van der Waals surface area contributed by atoms with Crippen molar-refractivity contribution >= 4 is 11.5 Å². The predicted molar refractivity (Wildman–Crippen MR) is 85.4 cm³/mol. The highest BCUT2D eigenvalue weighted by molar-refractivity contribution is 5.60. The van der Waals surface area contributed by atoms with Gasteiger partial charge in [0.05, 0.1) is 0 Å². The molecule has 0 spiro atoms. The summed E-state index contributed by atoms with van der Waals surface area (Å²) in [7, 11) is 2.04. The molecule has 2 rings (SSSR count). The van der Waals surface area contributed by atoms with Gasteiger partial charge in [-0.1, -0.05) is 31.0 Å². The Morgan fingerprint density at radius 1 is 1.15 bits per heavy atom. The van der Waals surface area contributed by atoms with Gasteiger partial charge in [-0.2, -0.15) is 0 Å². The molecule has 0 radical (unpaired) electrons. The van der Waals surface area contributed by atoms with Gasteiger partial charge in [0, 0.05) is 25.0 Å². The van der Waals surface area contributed by atoms with Gasteiger partial charge in [0.2, 0.25) is 0 Å². The molecule has 2 aromatic rings. The lowest BCUT2D eigenvalue weighted by atomic mass is 10.1. The van der Waals surface area contributed by atoms with E-state index >= 15 is 0 Å². The molecule has 1 aromatic carbocycles. The van der Waals surface area contributed by atoms with Crippen molar-refractivity contribution in [1.82, 2.24) is 4.98 Å². The van der Waals surface area contributed by atoms with Crippen LogP contribution in [0.2, 0.25) is 0 Å². The molecule has 0 aliphatic heterocycles. The minimum absolute atomic E-state index is 0.550. The Bertz CT molecular complexity index is 561. The number of hydrogen-bond acceptors (Lipinski definition) is 3. The quantitative estimate of drug-likeness (QED) is 0.902. The molecule has 0 unspecified atom stereocenters. The smallest absolute Gasteiger partial charge is 0.133 e. The first kappa shape index (κ1) is 14.5. The van der Waals surface area contributed by atoms with Crippen LogP contribution in [-0.2, 0) is 13.0 Å². The number of aryl methyl sites for hydroxylation is 2. The van der Waals surface area contributed by atoms with Gasteiger partial charge >= 0.3 is 0 Å². The molecule has 0 saturated heterocycles. The van der Waals surface area contributed by atoms with Crippen molar-refractivity contribution in [2.45, 2.75) is 33.2 Å². The molecule has 0 atom stereocenters. The Labute approximate surface area is 121 Å². The molecule has 3 nitrogen and oxygen atoms in total. The van der Waals surface area contributed by atoms with E-state index in [1.165, 1.54) is 5.56 Å². The van der Waals surface area contributed by atoms with E-state index in [0.717, 1.165) is 35.6 Å². The zero-order valence-corrected chi connectivity index (χ0v) is 12.6. The highest BCUT2D eigenvalue weighted by atomic mass is 15.2. The lowest BCUT2D eigenvalue weighted by Crippen LogP contribution is -2.13. The molecule has 0 fully saturated rings. The summed E-state index contributed by atoms with van der Waals surface area (Å²) >= 11 is 0. The predicted octanol–water partition coefficient (Wildman–Crippen LogP) is 3.57. The van der Waals surface area contributed by atoms with Crippen LogP contribution < -0.4 is 10.6 Å². The molecule has 0 amide bonds. The standard InChI is InChI=1S/C17H23N3/c1-4-5-15-10-14(12-18)11-17(19-15)20(3)16-8-6-13(2)7-9-16/h6-11H,4-5,12,18H2,1-3H3. The number of nitrogens with zero attached hydrogens (tertiary/aromatic N) is 2. The first-order valence-electron chi connectivity index (χ1n) is 7.14. The minimum Gasteiger partial charge on any atom is -0.329 e. The van der Waals surface area contributed by atoms with Crippen molar-refractivity contribution in [2.24, 2.45) is 5.73 Å². The van der Waals surface area contributed by atoms with Crippen molar-refractivity contribution in [3.8, 4) is 0 Å². The zero-order chi connectivity index (χ0) is 14.5. The SMILES string of the molecule is CCCc1cc(CN)cc(N(C)c2ccc(C)cc2)n1. The van der Waals surface area contributed by atoms with E-state index in [4.69, 9.17) is 10.7 Å². The monoisotopic (exact) mass is 269 g/mol. The molecular weight excluding hydrogens is 246 g/mol. The molecule has 20 heavy (non-hydrogen) atoms. The van der Waals surface area contributed by atoms with E-state index in [0.29, 0.717) is 6.54 Å². The van der Waals surface area contributed by atoms with Gasteiger partial charge in [-0.15, -0.1) is 0 Å². The maximum absolute atomic E-state index is 5.80. The molecule has 0 bridgehead atoms. The van der Waals surface area contributed by atoms with Gasteiger partial charge in [0.1, 0.15) is 5.82 Å². The summed E-state index contributed by atoms with van der Waals surface area (Å²) in [5, 5.41) is 0. The van der Waals surface area contributed by atoms with Crippen molar-refractivity contribution in [1.29, 1.82) is 0 Å². The average Bonchev–Trinajstić information content (AvgIpc) is 2.47. The first-order chi connectivity index (χ1) is 9.63. The zero-order valence-electron chi connectivity index (χ0n) is 12.6. The Kier molecular flexibility index (Phi) is 4.74. The summed E-state index contributed by atoms with van der Waals surface area (Å²) < 4.78 is 0. The Hall–Kier alpha value is -1.87. The van der Waals surface area contributed by atoms with Crippen LogP contribution in [0.15, 0.2) is 36.4 Å². The number of nitrogens with two attached hydrogens (primary N) is 1. The van der Waals surface area contributed by atoms with E-state index in [9.17, 15) is 0 Å². The van der Waals surface area contributed by atoms with Crippen molar-refractivity contribution in [2.75, 3.05) is 11.9 Å². The van der Waals surface area contributed by atoms with Crippen LogP contribution in [0.1, 0.15) is 30.2 Å². The summed E-state index contributed by atoms with van der Waals surface area (Å²) in [5.41, 5.74) is 10.4. The number of benzene rings is 1. The Balaban J connectivity index is 2.34. The third-order valence-electron chi connectivity index (χ3n) is 3.43. The second-order valence-corrected chi connectivity index (χ2v) is 5.17. The van der Waals surface area contributed by atoms with E-state index in [1.807, 2.05) is 7.05 Å². The Morgan fingerprint density at radius 2 is 1.85 bits per heavy atom. The topological polar surface area (TPSA) is 42.1 Å². The molecule has 2 N–H and O–H groups in total. The van der Waals surface area contributed by atoms with Crippen molar-refractivity contribution in [3.05, 3.63) is 53.2 Å². The summed E-state index contributed by atoms with van der Waals surface area (Å²) in [5.74, 6) is 0.959. The van der Waals surface area contributed by atoms with Crippen LogP contribution in [0.25, 0.3) is 0 Å². The third kappa shape index (κ3) is 3.36. The van der Waals surface area contributed by atoms with Gasteiger partial charge in [-0.05, 0) is 43.2 Å². The molecule has 0 saturated carbocycles. The fourth-order valence-corrected chi connectivity index (χ4v) is 2.21. The van der Waals surface area contributed by atoms with Gasteiger partial charge in [0.25, 0.3) is 0 Å². The largest absolute Gasteiger partial charge is 0.329 e. The summed E-state index contributed by atoms with van der Waals surface area (Å²) in [6.07, 6.45) is 2.08. The van der Waals surface area contributed by atoms with Crippen LogP contribution in [0.3, 0.4) is 0 Å². The van der Waals surface area contributed by atoms with Crippen LogP contribution >= 0.6 is 0 Å². The third-order valence-corrected chi connectivity index (χ3v) is 3.43. The summed E-state index contributed by atoms with van der Waals surface area (Å²) in [4.78, 5) is 6.85. The molecule has 1 heterocycles. The lowest BCUT2D eigenvalue weighted by molar-refractivity contribution is 0.870. The maximum atomic E-state index is 5.80. The summed E-state index contributed by atoms with van der Waals surface area (Å²) in [6.45, 7) is 4.81. The highest BCUT2D eigenvalue weighted by Crippen LogP contribution is 2.23.